The van der Waals surface area contributed by atoms with E-state index in [4.69, 9.17) is 10.00 Å². The molecule has 0 N–H and O–H groups in total. The quantitative estimate of drug-likeness (QED) is 0.792. The van der Waals surface area contributed by atoms with Crippen molar-refractivity contribution in [1.82, 2.24) is 4.90 Å². The van der Waals surface area contributed by atoms with Gasteiger partial charge >= 0.3 is 0 Å². The molecule has 1 aromatic carbocycles. The van der Waals surface area contributed by atoms with Gasteiger partial charge in [0.05, 0.1) is 24.7 Å². The fourth-order valence-electron chi connectivity index (χ4n) is 1.54. The lowest BCUT2D eigenvalue weighted by Crippen LogP contribution is -2.35. The molecule has 19 heavy (non-hydrogen) atoms. The molecule has 0 unspecified atom stereocenters. The molecule has 0 aliphatic carbocycles. The van der Waals surface area contributed by atoms with Crippen molar-refractivity contribution in [3.05, 3.63) is 35.4 Å². The highest BCUT2D eigenvalue weighted by atomic mass is 19.2. The van der Waals surface area contributed by atoms with Gasteiger partial charge in [0, 0.05) is 20.2 Å². The molecule has 0 saturated heterocycles. The first kappa shape index (κ1) is 15.1. The number of amides is 1. The third kappa shape index (κ3) is 4.00. The van der Waals surface area contributed by atoms with Gasteiger partial charge in [0.1, 0.15) is 0 Å². The fourth-order valence-corrected chi connectivity index (χ4v) is 1.54. The van der Waals surface area contributed by atoms with Crippen LogP contribution >= 0.6 is 0 Å². The SMILES string of the molecule is COCCN(CCC#N)C(=O)c1cccc(F)c1F. The Bertz CT molecular complexity index is 486. The molecule has 0 spiro atoms. The standard InChI is InChI=1S/C13H14F2N2O2/c1-19-9-8-17(7-3-6-16)13(18)10-4-2-5-11(14)12(10)15/h2,4-5H,3,7-9H2,1H3. The summed E-state index contributed by atoms with van der Waals surface area (Å²) in [4.78, 5) is 13.4. The number of rotatable bonds is 6. The van der Waals surface area contributed by atoms with Gasteiger partial charge in [0.2, 0.25) is 0 Å². The maximum atomic E-state index is 13.5. The molecule has 4 nitrogen and oxygen atoms in total. The van der Waals surface area contributed by atoms with Crippen molar-refractivity contribution in [3.8, 4) is 6.07 Å². The van der Waals surface area contributed by atoms with E-state index in [9.17, 15) is 13.6 Å². The molecule has 1 aromatic rings. The summed E-state index contributed by atoms with van der Waals surface area (Å²) in [6, 6.07) is 5.33. The number of ether oxygens (including phenoxy) is 1. The zero-order valence-corrected chi connectivity index (χ0v) is 10.5. The molecule has 0 fully saturated rings. The highest BCUT2D eigenvalue weighted by Gasteiger charge is 2.20. The van der Waals surface area contributed by atoms with Crippen molar-refractivity contribution in [1.29, 1.82) is 5.26 Å². The molecule has 0 atom stereocenters. The van der Waals surface area contributed by atoms with Gasteiger partial charge in [-0.15, -0.1) is 0 Å². The van der Waals surface area contributed by atoms with Crippen molar-refractivity contribution in [2.75, 3.05) is 26.8 Å². The van der Waals surface area contributed by atoms with Crippen molar-refractivity contribution in [3.63, 3.8) is 0 Å². The molecule has 0 aromatic heterocycles. The Hall–Kier alpha value is -2.00. The maximum Gasteiger partial charge on any atom is 0.257 e. The molecule has 1 rings (SSSR count). The molecule has 0 bridgehead atoms. The molecule has 0 aliphatic heterocycles. The zero-order chi connectivity index (χ0) is 14.3. The first-order chi connectivity index (χ1) is 9.11. The number of halogens is 2. The summed E-state index contributed by atoms with van der Waals surface area (Å²) in [6.07, 6.45) is 0.117. The lowest BCUT2D eigenvalue weighted by Gasteiger charge is -2.21. The summed E-state index contributed by atoms with van der Waals surface area (Å²) in [6.45, 7) is 0.621. The van der Waals surface area contributed by atoms with E-state index >= 15 is 0 Å². The first-order valence-corrected chi connectivity index (χ1v) is 5.71. The average Bonchev–Trinajstić information content (AvgIpc) is 2.41. The van der Waals surface area contributed by atoms with E-state index in [2.05, 4.69) is 0 Å². The Morgan fingerprint density at radius 3 is 2.79 bits per heavy atom. The lowest BCUT2D eigenvalue weighted by molar-refractivity contribution is 0.0694. The summed E-state index contributed by atoms with van der Waals surface area (Å²) >= 11 is 0. The molecule has 102 valence electrons. The second-order valence-electron chi connectivity index (χ2n) is 3.79. The molecule has 0 aliphatic rings. The number of methoxy groups -OCH3 is 1. The van der Waals surface area contributed by atoms with Crippen LogP contribution in [0, 0.1) is 23.0 Å². The number of hydrogen-bond acceptors (Lipinski definition) is 3. The lowest BCUT2D eigenvalue weighted by atomic mass is 10.1. The molecule has 0 radical (unpaired) electrons. The van der Waals surface area contributed by atoms with Crippen LogP contribution < -0.4 is 0 Å². The van der Waals surface area contributed by atoms with Crippen LogP contribution in [0.5, 0.6) is 0 Å². The second kappa shape index (κ2) is 7.44. The number of benzene rings is 1. The van der Waals surface area contributed by atoms with Crippen LogP contribution in [0.2, 0.25) is 0 Å². The third-order valence-corrected chi connectivity index (χ3v) is 2.53. The topological polar surface area (TPSA) is 53.3 Å². The van der Waals surface area contributed by atoms with E-state index in [1.165, 1.54) is 24.1 Å². The minimum atomic E-state index is -1.17. The Kier molecular flexibility index (Phi) is 5.90. The van der Waals surface area contributed by atoms with Gasteiger partial charge in [-0.05, 0) is 12.1 Å². The maximum absolute atomic E-state index is 13.5. The largest absolute Gasteiger partial charge is 0.383 e. The Balaban J connectivity index is 2.91. The summed E-state index contributed by atoms with van der Waals surface area (Å²) in [5, 5.41) is 8.54. The van der Waals surface area contributed by atoms with E-state index in [1.807, 2.05) is 6.07 Å². The molecular formula is C13H14F2N2O2. The highest BCUT2D eigenvalue weighted by Crippen LogP contribution is 2.14. The number of carbonyl (C=O) groups is 1. The first-order valence-electron chi connectivity index (χ1n) is 5.71. The zero-order valence-electron chi connectivity index (χ0n) is 10.5. The van der Waals surface area contributed by atoms with Crippen LogP contribution in [-0.4, -0.2) is 37.6 Å². The summed E-state index contributed by atoms with van der Waals surface area (Å²) in [5.41, 5.74) is -0.339. The van der Waals surface area contributed by atoms with Gasteiger partial charge in [0.25, 0.3) is 5.91 Å². The van der Waals surface area contributed by atoms with Crippen molar-refractivity contribution in [2.24, 2.45) is 0 Å². The van der Waals surface area contributed by atoms with Crippen LogP contribution in [0.25, 0.3) is 0 Å². The average molecular weight is 268 g/mol. The van der Waals surface area contributed by atoms with Gasteiger partial charge in [-0.2, -0.15) is 5.26 Å². The van der Waals surface area contributed by atoms with Gasteiger partial charge < -0.3 is 9.64 Å². The summed E-state index contributed by atoms with van der Waals surface area (Å²) in [7, 11) is 1.47. The number of nitriles is 1. The Morgan fingerprint density at radius 2 is 2.16 bits per heavy atom. The van der Waals surface area contributed by atoms with Crippen LogP contribution in [0.4, 0.5) is 8.78 Å². The van der Waals surface area contributed by atoms with Crippen LogP contribution in [0.3, 0.4) is 0 Å². The third-order valence-electron chi connectivity index (χ3n) is 2.53. The Morgan fingerprint density at radius 1 is 1.42 bits per heavy atom. The van der Waals surface area contributed by atoms with Crippen molar-refractivity contribution >= 4 is 5.91 Å². The number of carbonyl (C=O) groups excluding carboxylic acids is 1. The molecule has 0 heterocycles. The van der Waals surface area contributed by atoms with Crippen LogP contribution in [0.15, 0.2) is 18.2 Å². The molecule has 1 amide bonds. The van der Waals surface area contributed by atoms with E-state index in [1.54, 1.807) is 0 Å². The van der Waals surface area contributed by atoms with E-state index < -0.39 is 17.5 Å². The highest BCUT2D eigenvalue weighted by molar-refractivity contribution is 5.94. The number of nitrogens with zero attached hydrogens (tertiary/aromatic N) is 2. The van der Waals surface area contributed by atoms with Crippen molar-refractivity contribution < 1.29 is 18.3 Å². The van der Waals surface area contributed by atoms with Crippen LogP contribution in [-0.2, 0) is 4.74 Å². The molecule has 6 heteroatoms. The smallest absolute Gasteiger partial charge is 0.257 e. The van der Waals surface area contributed by atoms with Gasteiger partial charge in [-0.3, -0.25) is 4.79 Å². The van der Waals surface area contributed by atoms with Gasteiger partial charge in [-0.25, -0.2) is 8.78 Å². The molecular weight excluding hydrogens is 254 g/mol. The Labute approximate surface area is 110 Å². The second-order valence-corrected chi connectivity index (χ2v) is 3.79. The van der Waals surface area contributed by atoms with Gasteiger partial charge in [-0.1, -0.05) is 6.07 Å². The van der Waals surface area contributed by atoms with Gasteiger partial charge in [0.15, 0.2) is 11.6 Å². The predicted molar refractivity (Wildman–Crippen MR) is 64.4 cm³/mol. The normalized spacial score (nSPS) is 10.0. The fraction of sp³-hybridized carbons (Fsp3) is 0.385. The molecule has 0 saturated carbocycles. The van der Waals surface area contributed by atoms with E-state index in [-0.39, 0.29) is 31.7 Å². The predicted octanol–water partition coefficient (Wildman–Crippen LogP) is 1.97. The number of hydrogen-bond donors (Lipinski definition) is 0. The minimum Gasteiger partial charge on any atom is -0.383 e. The van der Waals surface area contributed by atoms with E-state index in [0.29, 0.717) is 0 Å². The summed E-state index contributed by atoms with van der Waals surface area (Å²) in [5.74, 6) is -2.89. The summed E-state index contributed by atoms with van der Waals surface area (Å²) < 4.78 is 31.5. The van der Waals surface area contributed by atoms with E-state index in [0.717, 1.165) is 6.07 Å². The van der Waals surface area contributed by atoms with Crippen molar-refractivity contribution in [2.45, 2.75) is 6.42 Å². The monoisotopic (exact) mass is 268 g/mol. The van der Waals surface area contributed by atoms with Crippen LogP contribution in [0.1, 0.15) is 16.8 Å². The minimum absolute atomic E-state index is 0.117.